The monoisotopic (exact) mass is 435 g/mol. The zero-order chi connectivity index (χ0) is 23.1. The van der Waals surface area contributed by atoms with Gasteiger partial charge in [0.05, 0.1) is 12.7 Å². The molecule has 0 aromatic heterocycles. The molecule has 2 saturated carbocycles. The average molecular weight is 436 g/mol. The van der Waals surface area contributed by atoms with Crippen LogP contribution in [0.5, 0.6) is 0 Å². The van der Waals surface area contributed by atoms with Crippen LogP contribution in [-0.4, -0.2) is 17.8 Å². The van der Waals surface area contributed by atoms with Crippen LogP contribution in [0.3, 0.4) is 0 Å². The fourth-order valence-electron chi connectivity index (χ4n) is 7.74. The summed E-state index contributed by atoms with van der Waals surface area (Å²) in [5.74, 6) is 3.81. The fourth-order valence-corrected chi connectivity index (χ4v) is 7.74. The van der Waals surface area contributed by atoms with E-state index >= 15 is 0 Å². The molecule has 2 fully saturated rings. The normalized spacial score (nSPS) is 34.9. The van der Waals surface area contributed by atoms with Gasteiger partial charge in [-0.15, -0.1) is 0 Å². The Balaban J connectivity index is 2.04. The number of aliphatic hydroxyl groups is 1. The first kappa shape index (κ1) is 26.7. The van der Waals surface area contributed by atoms with E-state index in [9.17, 15) is 5.11 Å². The highest BCUT2D eigenvalue weighted by atomic mass is 16.6. The fraction of sp³-hybridized carbons (Fsp3) is 0.929. The van der Waals surface area contributed by atoms with E-state index in [-0.39, 0.29) is 6.10 Å². The quantitative estimate of drug-likeness (QED) is 0.232. The highest BCUT2D eigenvalue weighted by Crippen LogP contribution is 2.57. The van der Waals surface area contributed by atoms with Gasteiger partial charge in [-0.2, -0.15) is 0 Å². The van der Waals surface area contributed by atoms with Crippen molar-refractivity contribution >= 4 is 0 Å². The van der Waals surface area contributed by atoms with Crippen LogP contribution in [0.2, 0.25) is 0 Å². The maximum atomic E-state index is 10.4. The molecule has 3 nitrogen and oxygen atoms in total. The van der Waals surface area contributed by atoms with Gasteiger partial charge in [0.2, 0.25) is 0 Å². The van der Waals surface area contributed by atoms with Crippen molar-refractivity contribution in [3.05, 3.63) is 12.8 Å². The number of hydrogen-bond acceptors (Lipinski definition) is 3. The molecule has 2 N–H and O–H groups in total. The van der Waals surface area contributed by atoms with Gasteiger partial charge in [0.15, 0.2) is 0 Å². The molecular weight excluding hydrogens is 382 g/mol. The molecule has 0 amide bonds. The molecule has 7 atom stereocenters. The van der Waals surface area contributed by atoms with Crippen molar-refractivity contribution < 1.29 is 9.94 Å². The largest absolute Gasteiger partial charge is 0.393 e. The van der Waals surface area contributed by atoms with Crippen molar-refractivity contribution in [3.63, 3.8) is 0 Å². The second kappa shape index (κ2) is 12.1. The Morgan fingerprint density at radius 1 is 1.16 bits per heavy atom. The van der Waals surface area contributed by atoms with Gasteiger partial charge in [0.25, 0.3) is 0 Å². The molecule has 2 aliphatic carbocycles. The van der Waals surface area contributed by atoms with Crippen LogP contribution in [0.1, 0.15) is 112 Å². The Kier molecular flexibility index (Phi) is 10.4. The van der Waals surface area contributed by atoms with Crippen LogP contribution in [-0.2, 0) is 4.84 Å². The Hall–Kier alpha value is -0.540. The van der Waals surface area contributed by atoms with E-state index in [1.165, 1.54) is 51.4 Å². The molecule has 0 aromatic rings. The average Bonchev–Trinajstić information content (AvgIpc) is 3.04. The van der Waals surface area contributed by atoms with E-state index in [1.54, 1.807) is 6.20 Å². The topological polar surface area (TPSA) is 41.5 Å². The first-order chi connectivity index (χ1) is 14.7. The van der Waals surface area contributed by atoms with E-state index in [2.05, 4.69) is 53.6 Å². The molecular formula is C28H53NO2. The molecule has 0 saturated heterocycles. The maximum Gasteiger partial charge on any atom is 0.0745 e. The minimum Gasteiger partial charge on any atom is -0.393 e. The summed E-state index contributed by atoms with van der Waals surface area (Å²) >= 11 is 0. The first-order valence-electron chi connectivity index (χ1n) is 13.4. The molecule has 5 unspecified atom stereocenters. The van der Waals surface area contributed by atoms with Gasteiger partial charge in [-0.25, -0.2) is 0 Å². The molecule has 0 radical (unpaired) electrons. The van der Waals surface area contributed by atoms with E-state index < -0.39 is 0 Å². The van der Waals surface area contributed by atoms with Crippen LogP contribution in [0.4, 0.5) is 0 Å². The van der Waals surface area contributed by atoms with Crippen LogP contribution in [0.15, 0.2) is 12.8 Å². The van der Waals surface area contributed by atoms with Crippen LogP contribution < -0.4 is 5.48 Å². The first-order valence-corrected chi connectivity index (χ1v) is 13.4. The van der Waals surface area contributed by atoms with Gasteiger partial charge < -0.3 is 5.11 Å². The second-order valence-electron chi connectivity index (χ2n) is 11.9. The SMILES string of the molecule is C=CNOCCCC1CCC(C(C)C[C@H](CC)C2C[C@H](O)CCC2(C)C)C1(C)CCC. The minimum atomic E-state index is -0.0820. The van der Waals surface area contributed by atoms with Crippen LogP contribution in [0.25, 0.3) is 0 Å². The van der Waals surface area contributed by atoms with Crippen molar-refractivity contribution in [3.8, 4) is 0 Å². The summed E-state index contributed by atoms with van der Waals surface area (Å²) in [7, 11) is 0. The van der Waals surface area contributed by atoms with Crippen molar-refractivity contribution in [2.75, 3.05) is 6.61 Å². The maximum absolute atomic E-state index is 10.4. The molecule has 3 heteroatoms. The molecule has 2 rings (SSSR count). The number of rotatable bonds is 13. The standard InChI is InChI=1S/C28H53NO2/c1-8-16-28(7)23(12-11-18-31-29-10-3)13-14-25(28)21(4)19-22(9-2)26-20-24(30)15-17-27(26,5)6/h10,21-26,29-30H,3,8-9,11-20H2,1-2,4-7H3/t21?,22-,23?,24+,25?,26?,28?/m0/s1. The molecule has 0 heterocycles. The third-order valence-corrected chi connectivity index (χ3v) is 9.47. The smallest absolute Gasteiger partial charge is 0.0745 e. The van der Waals surface area contributed by atoms with Crippen molar-refractivity contribution in [2.45, 2.75) is 118 Å². The Morgan fingerprint density at radius 2 is 1.90 bits per heavy atom. The van der Waals surface area contributed by atoms with Gasteiger partial charge in [-0.3, -0.25) is 10.3 Å². The molecule has 0 aliphatic heterocycles. The lowest BCUT2D eigenvalue weighted by molar-refractivity contribution is -0.0137. The van der Waals surface area contributed by atoms with Gasteiger partial charge in [-0.05, 0) is 98.2 Å². The van der Waals surface area contributed by atoms with Gasteiger partial charge in [0.1, 0.15) is 0 Å². The van der Waals surface area contributed by atoms with Crippen molar-refractivity contribution in [1.29, 1.82) is 0 Å². The van der Waals surface area contributed by atoms with Crippen molar-refractivity contribution in [2.24, 2.45) is 40.4 Å². The summed E-state index contributed by atoms with van der Waals surface area (Å²) < 4.78 is 0. The molecule has 0 spiro atoms. The Labute approximate surface area is 193 Å². The van der Waals surface area contributed by atoms with E-state index in [1.807, 2.05) is 0 Å². The number of nitrogens with one attached hydrogen (secondary N) is 1. The lowest BCUT2D eigenvalue weighted by atomic mass is 9.59. The van der Waals surface area contributed by atoms with E-state index in [0.29, 0.717) is 16.7 Å². The number of aliphatic hydroxyl groups excluding tert-OH is 1. The summed E-state index contributed by atoms with van der Waals surface area (Å²) in [6, 6.07) is 0. The predicted molar refractivity (Wildman–Crippen MR) is 132 cm³/mol. The van der Waals surface area contributed by atoms with Gasteiger partial charge in [-0.1, -0.05) is 61.0 Å². The van der Waals surface area contributed by atoms with E-state index in [0.717, 1.165) is 49.5 Å². The van der Waals surface area contributed by atoms with E-state index in [4.69, 9.17) is 4.84 Å². The van der Waals surface area contributed by atoms with Crippen molar-refractivity contribution in [1.82, 2.24) is 5.48 Å². The summed E-state index contributed by atoms with van der Waals surface area (Å²) in [5.41, 5.74) is 3.58. The highest BCUT2D eigenvalue weighted by molar-refractivity contribution is 4.98. The Bertz CT molecular complexity index is 533. The van der Waals surface area contributed by atoms with Crippen LogP contribution >= 0.6 is 0 Å². The zero-order valence-electron chi connectivity index (χ0n) is 21.6. The Morgan fingerprint density at radius 3 is 2.55 bits per heavy atom. The lowest BCUT2D eigenvalue weighted by Crippen LogP contribution is -2.40. The zero-order valence-corrected chi connectivity index (χ0v) is 21.6. The molecule has 31 heavy (non-hydrogen) atoms. The highest BCUT2D eigenvalue weighted by Gasteiger charge is 2.48. The van der Waals surface area contributed by atoms with Gasteiger partial charge in [0, 0.05) is 6.20 Å². The summed E-state index contributed by atoms with van der Waals surface area (Å²) in [6.45, 7) is 19.2. The molecule has 0 bridgehead atoms. The van der Waals surface area contributed by atoms with Gasteiger partial charge >= 0.3 is 0 Å². The second-order valence-corrected chi connectivity index (χ2v) is 11.9. The predicted octanol–water partition coefficient (Wildman–Crippen LogP) is 7.50. The van der Waals surface area contributed by atoms with Crippen LogP contribution in [0, 0.1) is 40.4 Å². The third kappa shape index (κ3) is 6.73. The summed E-state index contributed by atoms with van der Waals surface area (Å²) in [5, 5.41) is 10.4. The minimum absolute atomic E-state index is 0.0820. The summed E-state index contributed by atoms with van der Waals surface area (Å²) in [6.07, 6.45) is 15.1. The third-order valence-electron chi connectivity index (χ3n) is 9.47. The number of hydrogen-bond donors (Lipinski definition) is 2. The number of hydroxylamine groups is 1. The lowest BCUT2D eigenvalue weighted by Gasteiger charge is -2.47. The summed E-state index contributed by atoms with van der Waals surface area (Å²) in [4.78, 5) is 5.42. The molecule has 0 aromatic carbocycles. The molecule has 2 aliphatic rings. The molecule has 182 valence electrons.